The molecule has 1 aliphatic heterocycles. The molecule has 1 fully saturated rings. The maximum Gasteiger partial charge on any atom is 0.324 e. The quantitative estimate of drug-likeness (QED) is 0.934. The molecule has 2 N–H and O–H groups in total. The fraction of sp³-hybridized carbons (Fsp3) is 0.500. The third-order valence-corrected chi connectivity index (χ3v) is 4.31. The largest absolute Gasteiger partial charge is 0.497 e. The summed E-state index contributed by atoms with van der Waals surface area (Å²) in [6, 6.07) is 8.20. The highest BCUT2D eigenvalue weighted by Gasteiger charge is 2.32. The van der Waals surface area contributed by atoms with E-state index in [-0.39, 0.29) is 5.41 Å². The van der Waals surface area contributed by atoms with Crippen molar-refractivity contribution in [3.63, 3.8) is 0 Å². The second-order valence-electron chi connectivity index (χ2n) is 6.17. The van der Waals surface area contributed by atoms with Crippen LogP contribution in [0.15, 0.2) is 28.8 Å². The minimum absolute atomic E-state index is 0.118. The first-order valence-corrected chi connectivity index (χ1v) is 7.57. The zero-order valence-corrected chi connectivity index (χ0v) is 13.1. The van der Waals surface area contributed by atoms with Gasteiger partial charge >= 0.3 is 6.01 Å². The molecule has 0 spiro atoms. The van der Waals surface area contributed by atoms with Crippen molar-refractivity contribution >= 4 is 6.01 Å². The van der Waals surface area contributed by atoms with Crippen molar-refractivity contribution in [3.05, 3.63) is 24.3 Å². The molecule has 1 aromatic heterocycles. The van der Waals surface area contributed by atoms with Gasteiger partial charge in [0.2, 0.25) is 5.82 Å². The predicted molar refractivity (Wildman–Crippen MR) is 84.9 cm³/mol. The van der Waals surface area contributed by atoms with Gasteiger partial charge in [0.15, 0.2) is 0 Å². The summed E-state index contributed by atoms with van der Waals surface area (Å²) in [7, 11) is 1.65. The van der Waals surface area contributed by atoms with Crippen LogP contribution in [0.1, 0.15) is 19.8 Å². The molecule has 1 unspecified atom stereocenters. The van der Waals surface area contributed by atoms with E-state index in [4.69, 9.17) is 15.0 Å². The number of nitrogens with two attached hydrogens (primary N) is 1. The number of anilines is 1. The van der Waals surface area contributed by atoms with Crippen molar-refractivity contribution in [1.82, 2.24) is 10.1 Å². The van der Waals surface area contributed by atoms with Gasteiger partial charge in [-0.3, -0.25) is 0 Å². The van der Waals surface area contributed by atoms with Gasteiger partial charge in [0.25, 0.3) is 0 Å². The molecule has 1 atom stereocenters. The standard InChI is InChI=1S/C16H22N4O2/c1-16(10-17)8-3-9-20(11-16)15-18-14(19-22-15)12-4-6-13(21-2)7-5-12/h4-7H,3,8-11,17H2,1-2H3. The monoisotopic (exact) mass is 302 g/mol. The van der Waals surface area contributed by atoms with Gasteiger partial charge in [-0.1, -0.05) is 12.1 Å². The lowest BCUT2D eigenvalue weighted by atomic mass is 9.82. The van der Waals surface area contributed by atoms with E-state index in [1.165, 1.54) is 0 Å². The number of benzene rings is 1. The highest BCUT2D eigenvalue weighted by Crippen LogP contribution is 2.31. The highest BCUT2D eigenvalue weighted by atomic mass is 16.5. The van der Waals surface area contributed by atoms with Crippen LogP contribution < -0.4 is 15.4 Å². The van der Waals surface area contributed by atoms with Gasteiger partial charge in [-0.05, 0) is 49.1 Å². The average Bonchev–Trinajstić information content (AvgIpc) is 3.05. The van der Waals surface area contributed by atoms with E-state index in [0.717, 1.165) is 37.2 Å². The minimum Gasteiger partial charge on any atom is -0.497 e. The van der Waals surface area contributed by atoms with Crippen LogP contribution in [0.2, 0.25) is 0 Å². The third-order valence-electron chi connectivity index (χ3n) is 4.31. The van der Waals surface area contributed by atoms with Crippen molar-refractivity contribution < 1.29 is 9.26 Å². The van der Waals surface area contributed by atoms with Gasteiger partial charge in [0.05, 0.1) is 7.11 Å². The van der Waals surface area contributed by atoms with Crippen LogP contribution in [-0.4, -0.2) is 36.9 Å². The van der Waals surface area contributed by atoms with Gasteiger partial charge in [-0.2, -0.15) is 4.98 Å². The van der Waals surface area contributed by atoms with E-state index < -0.39 is 0 Å². The van der Waals surface area contributed by atoms with E-state index in [9.17, 15) is 0 Å². The van der Waals surface area contributed by atoms with Crippen molar-refractivity contribution in [2.75, 3.05) is 31.6 Å². The second kappa shape index (κ2) is 5.96. The van der Waals surface area contributed by atoms with E-state index in [0.29, 0.717) is 18.4 Å². The van der Waals surface area contributed by atoms with Crippen LogP contribution in [0, 0.1) is 5.41 Å². The SMILES string of the molecule is COc1ccc(-c2noc(N3CCCC(C)(CN)C3)n2)cc1. The Balaban J connectivity index is 1.78. The minimum atomic E-state index is 0.118. The van der Waals surface area contributed by atoms with Gasteiger partial charge in [-0.15, -0.1) is 0 Å². The Kier molecular flexibility index (Phi) is 4.02. The molecule has 0 bridgehead atoms. The topological polar surface area (TPSA) is 77.4 Å². The molecule has 22 heavy (non-hydrogen) atoms. The van der Waals surface area contributed by atoms with Crippen molar-refractivity contribution in [1.29, 1.82) is 0 Å². The van der Waals surface area contributed by atoms with E-state index >= 15 is 0 Å². The lowest BCUT2D eigenvalue weighted by molar-refractivity contribution is 0.259. The first-order chi connectivity index (χ1) is 10.6. The Hall–Kier alpha value is -2.08. The normalized spacial score (nSPS) is 21.9. The summed E-state index contributed by atoms with van der Waals surface area (Å²) < 4.78 is 10.6. The molecule has 2 aromatic rings. The summed E-state index contributed by atoms with van der Waals surface area (Å²) in [6.45, 7) is 4.66. The summed E-state index contributed by atoms with van der Waals surface area (Å²) in [6.07, 6.45) is 2.23. The van der Waals surface area contributed by atoms with E-state index in [1.54, 1.807) is 7.11 Å². The van der Waals surface area contributed by atoms with Gasteiger partial charge in [0, 0.05) is 18.7 Å². The number of hydrogen-bond acceptors (Lipinski definition) is 6. The number of hydrogen-bond donors (Lipinski definition) is 1. The number of ether oxygens (including phenoxy) is 1. The number of piperidine rings is 1. The highest BCUT2D eigenvalue weighted by molar-refractivity contribution is 5.57. The molecule has 0 amide bonds. The molecule has 3 rings (SSSR count). The van der Waals surface area contributed by atoms with E-state index in [1.807, 2.05) is 24.3 Å². The first-order valence-electron chi connectivity index (χ1n) is 7.57. The number of rotatable bonds is 4. The number of aromatic nitrogens is 2. The van der Waals surface area contributed by atoms with Crippen LogP contribution in [0.5, 0.6) is 5.75 Å². The zero-order valence-electron chi connectivity index (χ0n) is 13.1. The summed E-state index contributed by atoms with van der Waals surface area (Å²) in [5, 5.41) is 4.09. The van der Waals surface area contributed by atoms with E-state index in [2.05, 4.69) is 22.0 Å². The molecule has 0 saturated carbocycles. The molecule has 0 radical (unpaired) electrons. The third kappa shape index (κ3) is 2.92. The molecule has 6 heteroatoms. The zero-order chi connectivity index (χ0) is 15.6. The van der Waals surface area contributed by atoms with Crippen LogP contribution in [0.25, 0.3) is 11.4 Å². The molecule has 1 aliphatic rings. The first kappa shape index (κ1) is 14.8. The van der Waals surface area contributed by atoms with Crippen LogP contribution in [-0.2, 0) is 0 Å². The fourth-order valence-electron chi connectivity index (χ4n) is 2.85. The molecule has 1 saturated heterocycles. The van der Waals surface area contributed by atoms with Crippen molar-refractivity contribution in [2.24, 2.45) is 11.1 Å². The Morgan fingerprint density at radius 3 is 2.82 bits per heavy atom. The molecular weight excluding hydrogens is 280 g/mol. The molecule has 118 valence electrons. The summed E-state index contributed by atoms with van der Waals surface area (Å²) in [4.78, 5) is 6.66. The number of methoxy groups -OCH3 is 1. The smallest absolute Gasteiger partial charge is 0.324 e. The molecular formula is C16H22N4O2. The van der Waals surface area contributed by atoms with Crippen molar-refractivity contribution in [2.45, 2.75) is 19.8 Å². The van der Waals surface area contributed by atoms with Crippen LogP contribution in [0.4, 0.5) is 6.01 Å². The maximum absolute atomic E-state index is 5.90. The number of nitrogens with zero attached hydrogens (tertiary/aromatic N) is 3. The fourth-order valence-corrected chi connectivity index (χ4v) is 2.85. The molecule has 0 aliphatic carbocycles. The summed E-state index contributed by atoms with van der Waals surface area (Å²) in [5.41, 5.74) is 6.93. The van der Waals surface area contributed by atoms with Gasteiger partial charge in [0.1, 0.15) is 5.75 Å². The van der Waals surface area contributed by atoms with Gasteiger partial charge < -0.3 is 19.9 Å². The second-order valence-corrected chi connectivity index (χ2v) is 6.17. The predicted octanol–water partition coefficient (Wildman–Crippen LogP) is 2.31. The van der Waals surface area contributed by atoms with Crippen LogP contribution >= 0.6 is 0 Å². The molecule has 2 heterocycles. The Morgan fingerprint density at radius 2 is 2.14 bits per heavy atom. The maximum atomic E-state index is 5.90. The lowest BCUT2D eigenvalue weighted by Crippen LogP contribution is -2.45. The Morgan fingerprint density at radius 1 is 1.36 bits per heavy atom. The summed E-state index contributed by atoms with van der Waals surface area (Å²) in [5.74, 6) is 1.40. The lowest BCUT2D eigenvalue weighted by Gasteiger charge is -2.38. The summed E-state index contributed by atoms with van der Waals surface area (Å²) >= 11 is 0. The van der Waals surface area contributed by atoms with Crippen molar-refractivity contribution in [3.8, 4) is 17.1 Å². The van der Waals surface area contributed by atoms with Gasteiger partial charge in [-0.25, -0.2) is 0 Å². The molecule has 6 nitrogen and oxygen atoms in total. The average molecular weight is 302 g/mol. The van der Waals surface area contributed by atoms with Crippen LogP contribution in [0.3, 0.4) is 0 Å². The molecule has 1 aromatic carbocycles. The Labute approximate surface area is 130 Å². The Bertz CT molecular complexity index is 625.